The highest BCUT2D eigenvalue weighted by atomic mass is 19.4. The first kappa shape index (κ1) is 20.3. The first-order chi connectivity index (χ1) is 11.4. The molecule has 0 unspecified atom stereocenters. The van der Waals surface area contributed by atoms with E-state index < -0.39 is 12.6 Å². The number of nitrogens with one attached hydrogen (secondary N) is 2. The van der Waals surface area contributed by atoms with E-state index in [4.69, 9.17) is 4.52 Å². The lowest BCUT2D eigenvalue weighted by Crippen LogP contribution is -2.37. The van der Waals surface area contributed by atoms with E-state index in [-0.39, 0.29) is 6.42 Å². The second-order valence-corrected chi connectivity index (χ2v) is 5.43. The van der Waals surface area contributed by atoms with Gasteiger partial charge in [-0.3, -0.25) is 0 Å². The molecule has 2 N–H and O–H groups in total. The number of halogens is 3. The average Bonchev–Trinajstić information content (AvgIpc) is 2.93. The summed E-state index contributed by atoms with van der Waals surface area (Å²) in [6, 6.07) is 0. The molecule has 0 aromatic carbocycles. The van der Waals surface area contributed by atoms with Crippen LogP contribution in [0.15, 0.2) is 9.52 Å². The Morgan fingerprint density at radius 1 is 1.12 bits per heavy atom. The van der Waals surface area contributed by atoms with Gasteiger partial charge in [-0.05, 0) is 26.2 Å². The summed E-state index contributed by atoms with van der Waals surface area (Å²) in [4.78, 5) is 4.49. The van der Waals surface area contributed by atoms with E-state index in [1.165, 1.54) is 0 Å². The van der Waals surface area contributed by atoms with E-state index in [0.29, 0.717) is 32.0 Å². The molecule has 0 radical (unpaired) electrons. The molecular weight excluding hydrogens is 321 g/mol. The van der Waals surface area contributed by atoms with Gasteiger partial charge < -0.3 is 15.2 Å². The number of aromatic nitrogens is 1. The van der Waals surface area contributed by atoms with Crippen LogP contribution in [0.4, 0.5) is 13.2 Å². The van der Waals surface area contributed by atoms with Crippen LogP contribution >= 0.6 is 0 Å². The van der Waals surface area contributed by atoms with Gasteiger partial charge >= 0.3 is 6.18 Å². The summed E-state index contributed by atoms with van der Waals surface area (Å²) >= 11 is 0. The summed E-state index contributed by atoms with van der Waals surface area (Å²) in [5.41, 5.74) is 1.89. The summed E-state index contributed by atoms with van der Waals surface area (Å²) in [6.07, 6.45) is -2.75. The lowest BCUT2D eigenvalue weighted by molar-refractivity contribution is -0.135. The predicted octanol–water partition coefficient (Wildman–Crippen LogP) is 3.59. The van der Waals surface area contributed by atoms with E-state index in [9.17, 15) is 13.2 Å². The predicted molar refractivity (Wildman–Crippen MR) is 88.0 cm³/mol. The highest BCUT2D eigenvalue weighted by molar-refractivity contribution is 5.79. The molecular formula is C16H27F3N4O. The smallest absolute Gasteiger partial charge is 0.361 e. The standard InChI is InChI=1S/C16H27F3N4O/c1-4-13-12(14(5-2)24-23-13)11-22-15(20-6-3)21-10-8-7-9-16(17,18)19/h4-11H2,1-3H3,(H2,20,21,22). The summed E-state index contributed by atoms with van der Waals surface area (Å²) < 4.78 is 41.6. The molecule has 138 valence electrons. The normalized spacial score (nSPS) is 12.5. The topological polar surface area (TPSA) is 62.5 Å². The number of guanidine groups is 1. The van der Waals surface area contributed by atoms with E-state index in [1.807, 2.05) is 20.8 Å². The quantitative estimate of drug-likeness (QED) is 0.407. The first-order valence-corrected chi connectivity index (χ1v) is 8.46. The van der Waals surface area contributed by atoms with Gasteiger partial charge in [0.25, 0.3) is 0 Å². The van der Waals surface area contributed by atoms with Crippen molar-refractivity contribution in [1.29, 1.82) is 0 Å². The molecule has 0 aliphatic rings. The van der Waals surface area contributed by atoms with Crippen LogP contribution < -0.4 is 10.6 Å². The van der Waals surface area contributed by atoms with Gasteiger partial charge in [0.05, 0.1) is 12.2 Å². The lowest BCUT2D eigenvalue weighted by Gasteiger charge is -2.12. The maximum Gasteiger partial charge on any atom is 0.389 e. The Kier molecular flexibility index (Phi) is 8.63. The van der Waals surface area contributed by atoms with Crippen LogP contribution in [0.5, 0.6) is 0 Å². The van der Waals surface area contributed by atoms with E-state index in [2.05, 4.69) is 20.8 Å². The molecule has 1 heterocycles. The van der Waals surface area contributed by atoms with E-state index in [0.717, 1.165) is 29.9 Å². The summed E-state index contributed by atoms with van der Waals surface area (Å²) in [7, 11) is 0. The minimum absolute atomic E-state index is 0.113. The van der Waals surface area contributed by atoms with Crippen LogP contribution in [0, 0.1) is 0 Å². The van der Waals surface area contributed by atoms with Crippen molar-refractivity contribution in [2.24, 2.45) is 4.99 Å². The molecule has 1 aromatic heterocycles. The van der Waals surface area contributed by atoms with Gasteiger partial charge in [0.1, 0.15) is 5.76 Å². The van der Waals surface area contributed by atoms with Gasteiger partial charge in [-0.1, -0.05) is 19.0 Å². The number of unbranched alkanes of at least 4 members (excludes halogenated alkanes) is 1. The van der Waals surface area contributed by atoms with Crippen molar-refractivity contribution in [3.05, 3.63) is 17.0 Å². The summed E-state index contributed by atoms with van der Waals surface area (Å²) in [5, 5.41) is 10.2. The molecule has 0 saturated heterocycles. The summed E-state index contributed by atoms with van der Waals surface area (Å²) in [5.74, 6) is 1.42. The lowest BCUT2D eigenvalue weighted by atomic mass is 10.1. The molecule has 1 aromatic rings. The third-order valence-corrected chi connectivity index (χ3v) is 3.53. The van der Waals surface area contributed by atoms with Crippen molar-refractivity contribution in [3.63, 3.8) is 0 Å². The second kappa shape index (κ2) is 10.2. The van der Waals surface area contributed by atoms with Gasteiger partial charge in [-0.2, -0.15) is 13.2 Å². The highest BCUT2D eigenvalue weighted by Crippen LogP contribution is 2.21. The van der Waals surface area contributed by atoms with Crippen LogP contribution in [0.3, 0.4) is 0 Å². The minimum atomic E-state index is -4.08. The fourth-order valence-corrected chi connectivity index (χ4v) is 2.27. The maximum absolute atomic E-state index is 12.1. The van der Waals surface area contributed by atoms with Gasteiger partial charge in [0.2, 0.25) is 0 Å². The second-order valence-electron chi connectivity index (χ2n) is 5.43. The molecule has 24 heavy (non-hydrogen) atoms. The Hall–Kier alpha value is -1.73. The van der Waals surface area contributed by atoms with Crippen LogP contribution in [0.2, 0.25) is 0 Å². The Labute approximate surface area is 141 Å². The fourth-order valence-electron chi connectivity index (χ4n) is 2.27. The Morgan fingerprint density at radius 2 is 1.88 bits per heavy atom. The Bertz CT molecular complexity index is 490. The van der Waals surface area contributed by atoms with Gasteiger partial charge in [0, 0.05) is 31.5 Å². The van der Waals surface area contributed by atoms with Crippen LogP contribution in [0.1, 0.15) is 57.1 Å². The number of nitrogens with zero attached hydrogens (tertiary/aromatic N) is 2. The number of hydrogen-bond donors (Lipinski definition) is 2. The molecule has 0 atom stereocenters. The van der Waals surface area contributed by atoms with Crippen molar-refractivity contribution in [2.75, 3.05) is 13.1 Å². The molecule has 0 aliphatic heterocycles. The third kappa shape index (κ3) is 7.23. The van der Waals surface area contributed by atoms with Crippen molar-refractivity contribution in [2.45, 2.75) is 65.6 Å². The molecule has 0 fully saturated rings. The van der Waals surface area contributed by atoms with Crippen molar-refractivity contribution in [1.82, 2.24) is 15.8 Å². The van der Waals surface area contributed by atoms with Gasteiger partial charge in [0.15, 0.2) is 5.96 Å². The van der Waals surface area contributed by atoms with E-state index in [1.54, 1.807) is 0 Å². The number of alkyl halides is 3. The minimum Gasteiger partial charge on any atom is -0.361 e. The van der Waals surface area contributed by atoms with Crippen LogP contribution in [-0.2, 0) is 19.4 Å². The molecule has 0 amide bonds. The van der Waals surface area contributed by atoms with Crippen LogP contribution in [0.25, 0.3) is 0 Å². The monoisotopic (exact) mass is 348 g/mol. The zero-order chi connectivity index (χ0) is 18.0. The highest BCUT2D eigenvalue weighted by Gasteiger charge is 2.25. The molecule has 0 aliphatic carbocycles. The largest absolute Gasteiger partial charge is 0.389 e. The van der Waals surface area contributed by atoms with Crippen LogP contribution in [-0.4, -0.2) is 30.4 Å². The SMILES string of the molecule is CCNC(=NCc1c(CC)noc1CC)NCCCCC(F)(F)F. The van der Waals surface area contributed by atoms with Gasteiger partial charge in [-0.25, -0.2) is 4.99 Å². The molecule has 0 saturated carbocycles. The molecule has 8 heteroatoms. The Morgan fingerprint density at radius 3 is 2.46 bits per heavy atom. The fraction of sp³-hybridized carbons (Fsp3) is 0.750. The zero-order valence-corrected chi connectivity index (χ0v) is 14.6. The molecule has 5 nitrogen and oxygen atoms in total. The zero-order valence-electron chi connectivity index (χ0n) is 14.6. The molecule has 1 rings (SSSR count). The Balaban J connectivity index is 2.55. The van der Waals surface area contributed by atoms with Crippen molar-refractivity contribution < 1.29 is 17.7 Å². The number of rotatable bonds is 9. The molecule has 0 bridgehead atoms. The van der Waals surface area contributed by atoms with E-state index >= 15 is 0 Å². The number of aryl methyl sites for hydroxylation is 2. The third-order valence-electron chi connectivity index (χ3n) is 3.53. The average molecular weight is 348 g/mol. The number of aliphatic imine (C=N–C) groups is 1. The van der Waals surface area contributed by atoms with Crippen molar-refractivity contribution >= 4 is 5.96 Å². The maximum atomic E-state index is 12.1. The number of hydrogen-bond acceptors (Lipinski definition) is 3. The first-order valence-electron chi connectivity index (χ1n) is 8.46. The summed E-state index contributed by atoms with van der Waals surface area (Å²) in [6.45, 7) is 7.51. The molecule has 0 spiro atoms. The van der Waals surface area contributed by atoms with Gasteiger partial charge in [-0.15, -0.1) is 0 Å². The van der Waals surface area contributed by atoms with Crippen molar-refractivity contribution in [3.8, 4) is 0 Å².